The lowest BCUT2D eigenvalue weighted by molar-refractivity contribution is 0.00578. The Hall–Kier alpha value is -2.78. The highest BCUT2D eigenvalue weighted by atomic mass is 19.1. The van der Waals surface area contributed by atoms with Crippen LogP contribution in [0.15, 0.2) is 39.9 Å². The van der Waals surface area contributed by atoms with Crippen LogP contribution in [0, 0.1) is 18.6 Å². The van der Waals surface area contributed by atoms with Gasteiger partial charge in [-0.1, -0.05) is 12.1 Å². The molecule has 0 spiro atoms. The summed E-state index contributed by atoms with van der Waals surface area (Å²) in [4.78, 5) is 28.0. The number of rotatable bonds is 2. The second-order valence-corrected chi connectivity index (χ2v) is 8.46. The molecule has 9 heteroatoms. The fourth-order valence-electron chi connectivity index (χ4n) is 3.57. The third kappa shape index (κ3) is 3.00. The molecule has 1 N–H and O–H groups in total. The smallest absolute Gasteiger partial charge is 0.399 e. The van der Waals surface area contributed by atoms with Gasteiger partial charge in [-0.2, -0.15) is 0 Å². The number of fused-ring (bicyclic) bond motifs is 1. The van der Waals surface area contributed by atoms with E-state index < -0.39 is 41.2 Å². The predicted octanol–water partition coefficient (Wildman–Crippen LogP) is 2.56. The van der Waals surface area contributed by atoms with Gasteiger partial charge in [0.25, 0.3) is 5.56 Å². The number of aromatic nitrogens is 2. The van der Waals surface area contributed by atoms with E-state index in [1.165, 1.54) is 0 Å². The van der Waals surface area contributed by atoms with Crippen molar-refractivity contribution in [1.82, 2.24) is 9.55 Å². The summed E-state index contributed by atoms with van der Waals surface area (Å²) in [6.07, 6.45) is 0. The van der Waals surface area contributed by atoms with Crippen LogP contribution in [-0.2, 0) is 9.31 Å². The molecule has 0 atom stereocenters. The first kappa shape index (κ1) is 20.5. The van der Waals surface area contributed by atoms with Crippen LogP contribution in [0.25, 0.3) is 16.6 Å². The highest BCUT2D eigenvalue weighted by Gasteiger charge is 2.52. The summed E-state index contributed by atoms with van der Waals surface area (Å²) in [6, 6.07) is 6.57. The summed E-state index contributed by atoms with van der Waals surface area (Å²) >= 11 is 0. The van der Waals surface area contributed by atoms with Crippen LogP contribution in [0.1, 0.15) is 33.3 Å². The standard InChI is InChI=1S/C21H21BF2N2O4/c1-11-14(22-29-20(2,3)21(4,5)30-22)7-6-8-16(11)26-18(27)13-9-12(23)10-15(24)17(13)25-19(26)28/h6-10H,1-5H3,(H,25,28). The van der Waals surface area contributed by atoms with Crippen molar-refractivity contribution >= 4 is 23.5 Å². The van der Waals surface area contributed by atoms with Gasteiger partial charge in [-0.25, -0.2) is 18.1 Å². The topological polar surface area (TPSA) is 73.3 Å². The van der Waals surface area contributed by atoms with E-state index in [2.05, 4.69) is 4.98 Å². The fourth-order valence-corrected chi connectivity index (χ4v) is 3.57. The summed E-state index contributed by atoms with van der Waals surface area (Å²) in [7, 11) is -0.694. The molecule has 2 aromatic carbocycles. The van der Waals surface area contributed by atoms with Crippen molar-refractivity contribution in [3.63, 3.8) is 0 Å². The number of hydrogen-bond donors (Lipinski definition) is 1. The minimum absolute atomic E-state index is 0.257. The summed E-state index contributed by atoms with van der Waals surface area (Å²) < 4.78 is 40.8. The molecule has 2 heterocycles. The van der Waals surface area contributed by atoms with Gasteiger partial charge in [0.2, 0.25) is 0 Å². The van der Waals surface area contributed by atoms with Gasteiger partial charge in [-0.3, -0.25) is 4.79 Å². The van der Waals surface area contributed by atoms with Crippen molar-refractivity contribution in [3.8, 4) is 5.69 Å². The maximum absolute atomic E-state index is 14.0. The van der Waals surface area contributed by atoms with Gasteiger partial charge in [0.05, 0.1) is 27.8 Å². The molecule has 4 rings (SSSR count). The van der Waals surface area contributed by atoms with E-state index >= 15 is 0 Å². The van der Waals surface area contributed by atoms with Crippen molar-refractivity contribution < 1.29 is 18.1 Å². The molecule has 1 saturated heterocycles. The Morgan fingerprint density at radius 3 is 2.30 bits per heavy atom. The van der Waals surface area contributed by atoms with Crippen LogP contribution in [0.3, 0.4) is 0 Å². The molecule has 1 aliphatic rings. The molecule has 1 fully saturated rings. The number of halogens is 2. The maximum atomic E-state index is 14.0. The van der Waals surface area contributed by atoms with E-state index in [9.17, 15) is 18.4 Å². The second kappa shape index (κ2) is 6.62. The predicted molar refractivity (Wildman–Crippen MR) is 111 cm³/mol. The maximum Gasteiger partial charge on any atom is 0.495 e. The molecule has 0 saturated carbocycles. The largest absolute Gasteiger partial charge is 0.495 e. The molecular formula is C21H21BF2N2O4. The van der Waals surface area contributed by atoms with Crippen LogP contribution in [-0.4, -0.2) is 27.9 Å². The molecule has 6 nitrogen and oxygen atoms in total. The Morgan fingerprint density at radius 2 is 1.67 bits per heavy atom. The number of aromatic amines is 1. The second-order valence-electron chi connectivity index (χ2n) is 8.46. The van der Waals surface area contributed by atoms with Crippen molar-refractivity contribution in [3.05, 3.63) is 68.4 Å². The first-order chi connectivity index (χ1) is 13.9. The lowest BCUT2D eigenvalue weighted by Gasteiger charge is -2.32. The van der Waals surface area contributed by atoms with Gasteiger partial charge in [0, 0.05) is 6.07 Å². The summed E-state index contributed by atoms with van der Waals surface area (Å²) in [5.74, 6) is -1.91. The third-order valence-electron chi connectivity index (χ3n) is 6.02. The minimum Gasteiger partial charge on any atom is -0.399 e. The van der Waals surface area contributed by atoms with Crippen LogP contribution >= 0.6 is 0 Å². The highest BCUT2D eigenvalue weighted by Crippen LogP contribution is 2.36. The van der Waals surface area contributed by atoms with Gasteiger partial charge in [0.15, 0.2) is 5.82 Å². The highest BCUT2D eigenvalue weighted by molar-refractivity contribution is 6.62. The summed E-state index contributed by atoms with van der Waals surface area (Å²) in [6.45, 7) is 9.43. The SMILES string of the molecule is Cc1c(B2OC(C)(C)C(C)(C)O2)cccc1-n1c(=O)[nH]c2c(F)cc(F)cc2c1=O. The van der Waals surface area contributed by atoms with Crippen LogP contribution < -0.4 is 16.7 Å². The minimum atomic E-state index is -1.01. The molecule has 0 bridgehead atoms. The van der Waals surface area contributed by atoms with Crippen molar-refractivity contribution in [2.24, 2.45) is 0 Å². The van der Waals surface area contributed by atoms with E-state index in [1.54, 1.807) is 25.1 Å². The molecule has 0 radical (unpaired) electrons. The van der Waals surface area contributed by atoms with E-state index in [1.807, 2.05) is 27.7 Å². The lowest BCUT2D eigenvalue weighted by atomic mass is 9.76. The molecule has 156 valence electrons. The monoisotopic (exact) mass is 414 g/mol. The Bertz CT molecular complexity index is 1280. The number of nitrogens with zero attached hydrogens (tertiary/aromatic N) is 1. The molecule has 0 amide bonds. The van der Waals surface area contributed by atoms with Crippen molar-refractivity contribution in [2.75, 3.05) is 0 Å². The number of hydrogen-bond acceptors (Lipinski definition) is 4. The zero-order chi connectivity index (χ0) is 22.0. The molecular weight excluding hydrogens is 393 g/mol. The number of nitrogens with one attached hydrogen (secondary N) is 1. The quantitative estimate of drug-likeness (QED) is 0.655. The van der Waals surface area contributed by atoms with E-state index in [4.69, 9.17) is 9.31 Å². The summed E-state index contributed by atoms with van der Waals surface area (Å²) in [5.41, 5.74) is -1.59. The molecule has 3 aromatic rings. The average Bonchev–Trinajstić information content (AvgIpc) is 2.85. The van der Waals surface area contributed by atoms with Crippen molar-refractivity contribution in [1.29, 1.82) is 0 Å². The Kier molecular flexibility index (Phi) is 4.52. The Labute approximate surface area is 171 Å². The first-order valence-electron chi connectivity index (χ1n) is 9.52. The number of benzene rings is 2. The molecule has 1 aliphatic heterocycles. The van der Waals surface area contributed by atoms with E-state index in [0.717, 1.165) is 10.6 Å². The lowest BCUT2D eigenvalue weighted by Crippen LogP contribution is -2.41. The normalized spacial score (nSPS) is 17.6. The molecule has 0 unspecified atom stereocenters. The van der Waals surface area contributed by atoms with E-state index in [-0.39, 0.29) is 16.6 Å². The van der Waals surface area contributed by atoms with Gasteiger partial charge in [-0.05, 0) is 57.8 Å². The zero-order valence-corrected chi connectivity index (χ0v) is 17.3. The third-order valence-corrected chi connectivity index (χ3v) is 6.02. The van der Waals surface area contributed by atoms with Crippen LogP contribution in [0.5, 0.6) is 0 Å². The molecule has 30 heavy (non-hydrogen) atoms. The van der Waals surface area contributed by atoms with Gasteiger partial charge < -0.3 is 14.3 Å². The summed E-state index contributed by atoms with van der Waals surface area (Å²) in [5, 5.41) is -0.257. The average molecular weight is 414 g/mol. The first-order valence-corrected chi connectivity index (χ1v) is 9.52. The van der Waals surface area contributed by atoms with Gasteiger partial charge in [-0.15, -0.1) is 0 Å². The molecule has 0 aliphatic carbocycles. The van der Waals surface area contributed by atoms with Gasteiger partial charge >= 0.3 is 12.8 Å². The fraction of sp³-hybridized carbons (Fsp3) is 0.333. The van der Waals surface area contributed by atoms with Gasteiger partial charge in [0.1, 0.15) is 5.82 Å². The molecule has 1 aromatic heterocycles. The Morgan fingerprint density at radius 1 is 1.03 bits per heavy atom. The Balaban J connectivity index is 1.92. The van der Waals surface area contributed by atoms with Crippen LogP contribution in [0.2, 0.25) is 0 Å². The van der Waals surface area contributed by atoms with Crippen molar-refractivity contribution in [2.45, 2.75) is 45.8 Å². The van der Waals surface area contributed by atoms with E-state index in [0.29, 0.717) is 17.1 Å². The zero-order valence-electron chi connectivity index (χ0n) is 17.3. The number of H-pyrrole nitrogens is 1. The van der Waals surface area contributed by atoms with Crippen LogP contribution in [0.4, 0.5) is 8.78 Å².